The van der Waals surface area contributed by atoms with Gasteiger partial charge in [0.05, 0.1) is 12.8 Å². The highest BCUT2D eigenvalue weighted by Gasteiger charge is 2.34. The SMILES string of the molecule is COc1ccc(Br)cc1C=C1C(=O)NC(=S)N(c2ccc(Oc3ccccc3)cc2)C1=O. The predicted octanol–water partition coefficient (Wildman–Crippen LogP) is 5.08. The number of ether oxygens (including phenoxy) is 2. The van der Waals surface area contributed by atoms with Gasteiger partial charge >= 0.3 is 0 Å². The number of hydrogen-bond donors (Lipinski definition) is 1. The minimum absolute atomic E-state index is 0.00934. The zero-order valence-corrected chi connectivity index (χ0v) is 19.3. The van der Waals surface area contributed by atoms with Crippen LogP contribution in [0.4, 0.5) is 5.69 Å². The van der Waals surface area contributed by atoms with E-state index in [-0.39, 0.29) is 10.7 Å². The Balaban J connectivity index is 1.63. The van der Waals surface area contributed by atoms with E-state index in [4.69, 9.17) is 21.7 Å². The summed E-state index contributed by atoms with van der Waals surface area (Å²) in [6, 6.07) is 21.6. The number of thiocarbonyl (C=S) groups is 1. The summed E-state index contributed by atoms with van der Waals surface area (Å²) in [7, 11) is 1.52. The topological polar surface area (TPSA) is 67.9 Å². The van der Waals surface area contributed by atoms with Gasteiger partial charge in [-0.15, -0.1) is 0 Å². The largest absolute Gasteiger partial charge is 0.496 e. The van der Waals surface area contributed by atoms with Crippen molar-refractivity contribution in [2.45, 2.75) is 0 Å². The molecule has 0 aliphatic carbocycles. The summed E-state index contributed by atoms with van der Waals surface area (Å²) in [5.74, 6) is 0.738. The highest BCUT2D eigenvalue weighted by atomic mass is 79.9. The average Bonchev–Trinajstić information content (AvgIpc) is 2.78. The van der Waals surface area contributed by atoms with Crippen LogP contribution >= 0.6 is 28.1 Å². The highest BCUT2D eigenvalue weighted by molar-refractivity contribution is 9.10. The Hall–Kier alpha value is -3.49. The molecule has 6 nitrogen and oxygen atoms in total. The minimum atomic E-state index is -0.567. The lowest BCUT2D eigenvalue weighted by molar-refractivity contribution is -0.122. The standard InChI is InChI=1S/C24H17BrN2O4S/c1-30-21-12-7-16(25)13-15(21)14-20-22(28)26-24(32)27(23(20)29)17-8-10-19(11-9-17)31-18-5-3-2-4-6-18/h2-14H,1H3,(H,26,28,32). The van der Waals surface area contributed by atoms with E-state index >= 15 is 0 Å². The number of nitrogens with one attached hydrogen (secondary N) is 1. The summed E-state index contributed by atoms with van der Waals surface area (Å²) in [6.07, 6.45) is 1.49. The van der Waals surface area contributed by atoms with Crippen molar-refractivity contribution < 1.29 is 19.1 Å². The molecule has 0 spiro atoms. The molecule has 1 aliphatic rings. The molecule has 1 aliphatic heterocycles. The molecule has 0 atom stereocenters. The molecule has 3 aromatic carbocycles. The molecule has 1 N–H and O–H groups in total. The summed E-state index contributed by atoms with van der Waals surface area (Å²) < 4.78 is 11.9. The van der Waals surface area contributed by atoms with Crippen LogP contribution in [0.1, 0.15) is 5.56 Å². The number of carbonyl (C=O) groups excluding carboxylic acids is 2. The summed E-state index contributed by atoms with van der Waals surface area (Å²) in [5.41, 5.74) is 1.03. The zero-order chi connectivity index (χ0) is 22.7. The number of methoxy groups -OCH3 is 1. The van der Waals surface area contributed by atoms with Gasteiger partial charge in [-0.25, -0.2) is 0 Å². The van der Waals surface area contributed by atoms with Crippen LogP contribution in [-0.2, 0) is 9.59 Å². The molecule has 0 bridgehead atoms. The Morgan fingerprint density at radius 1 is 0.969 bits per heavy atom. The molecule has 0 saturated carbocycles. The number of rotatable bonds is 5. The van der Waals surface area contributed by atoms with Crippen molar-refractivity contribution in [3.05, 3.63) is 88.4 Å². The second-order valence-corrected chi connectivity index (χ2v) is 8.06. The van der Waals surface area contributed by atoms with E-state index in [0.717, 1.165) is 4.47 Å². The van der Waals surface area contributed by atoms with Crippen molar-refractivity contribution in [1.82, 2.24) is 5.32 Å². The van der Waals surface area contributed by atoms with Crippen molar-refractivity contribution in [2.75, 3.05) is 12.0 Å². The molecule has 0 aromatic heterocycles. The predicted molar refractivity (Wildman–Crippen MR) is 130 cm³/mol. The Labute approximate surface area is 198 Å². The number of para-hydroxylation sites is 1. The second kappa shape index (κ2) is 9.33. The smallest absolute Gasteiger partial charge is 0.270 e. The maximum Gasteiger partial charge on any atom is 0.270 e. The van der Waals surface area contributed by atoms with E-state index in [1.54, 1.807) is 36.4 Å². The van der Waals surface area contributed by atoms with Gasteiger partial charge in [0, 0.05) is 10.0 Å². The van der Waals surface area contributed by atoms with E-state index < -0.39 is 11.8 Å². The van der Waals surface area contributed by atoms with Gasteiger partial charge in [-0.3, -0.25) is 19.8 Å². The highest BCUT2D eigenvalue weighted by Crippen LogP contribution is 2.29. The molecule has 32 heavy (non-hydrogen) atoms. The number of nitrogens with zero attached hydrogens (tertiary/aromatic N) is 1. The first-order valence-electron chi connectivity index (χ1n) is 9.54. The first-order chi connectivity index (χ1) is 15.5. The van der Waals surface area contributed by atoms with Gasteiger partial charge in [-0.2, -0.15) is 0 Å². The molecular weight excluding hydrogens is 492 g/mol. The summed E-state index contributed by atoms with van der Waals surface area (Å²) in [4.78, 5) is 27.1. The molecule has 0 unspecified atom stereocenters. The van der Waals surface area contributed by atoms with Crippen LogP contribution in [0, 0.1) is 0 Å². The van der Waals surface area contributed by atoms with E-state index in [2.05, 4.69) is 21.2 Å². The molecule has 160 valence electrons. The van der Waals surface area contributed by atoms with Crippen LogP contribution in [0.5, 0.6) is 17.2 Å². The number of amides is 2. The van der Waals surface area contributed by atoms with Crippen LogP contribution in [0.15, 0.2) is 82.8 Å². The molecule has 0 radical (unpaired) electrons. The quantitative estimate of drug-likeness (QED) is 0.295. The van der Waals surface area contributed by atoms with Crippen molar-refractivity contribution in [1.29, 1.82) is 0 Å². The van der Waals surface area contributed by atoms with Gasteiger partial charge in [0.15, 0.2) is 5.11 Å². The van der Waals surface area contributed by atoms with E-state index in [9.17, 15) is 9.59 Å². The van der Waals surface area contributed by atoms with Crippen molar-refractivity contribution >= 4 is 56.8 Å². The average molecular weight is 509 g/mol. The van der Waals surface area contributed by atoms with Gasteiger partial charge in [-0.05, 0) is 72.9 Å². The molecule has 4 rings (SSSR count). The Kier molecular flexibility index (Phi) is 6.34. The molecule has 1 fully saturated rings. The number of anilines is 1. The molecule has 1 heterocycles. The Morgan fingerprint density at radius 2 is 1.66 bits per heavy atom. The normalized spacial score (nSPS) is 15.0. The van der Waals surface area contributed by atoms with E-state index in [1.807, 2.05) is 36.4 Å². The van der Waals surface area contributed by atoms with Gasteiger partial charge in [0.25, 0.3) is 11.8 Å². The van der Waals surface area contributed by atoms with Gasteiger partial charge in [0.1, 0.15) is 22.8 Å². The van der Waals surface area contributed by atoms with Crippen molar-refractivity contribution in [2.24, 2.45) is 0 Å². The number of halogens is 1. The van der Waals surface area contributed by atoms with E-state index in [1.165, 1.54) is 18.1 Å². The van der Waals surface area contributed by atoms with Crippen molar-refractivity contribution in [3.63, 3.8) is 0 Å². The lowest BCUT2D eigenvalue weighted by Crippen LogP contribution is -2.54. The van der Waals surface area contributed by atoms with E-state index in [0.29, 0.717) is 28.5 Å². The zero-order valence-electron chi connectivity index (χ0n) is 16.9. The number of benzene rings is 3. The molecule has 3 aromatic rings. The first-order valence-corrected chi connectivity index (χ1v) is 10.7. The third kappa shape index (κ3) is 4.56. The number of carbonyl (C=O) groups is 2. The minimum Gasteiger partial charge on any atom is -0.496 e. The summed E-state index contributed by atoms with van der Waals surface area (Å²) in [6.45, 7) is 0. The molecule has 2 amide bonds. The fourth-order valence-corrected chi connectivity index (χ4v) is 3.81. The third-order valence-electron chi connectivity index (χ3n) is 4.67. The van der Waals surface area contributed by atoms with Gasteiger partial charge < -0.3 is 9.47 Å². The lowest BCUT2D eigenvalue weighted by Gasteiger charge is -2.29. The molecular formula is C24H17BrN2O4S. The molecule has 8 heteroatoms. The Morgan fingerprint density at radius 3 is 2.34 bits per heavy atom. The van der Waals surface area contributed by atoms with Crippen molar-refractivity contribution in [3.8, 4) is 17.2 Å². The van der Waals surface area contributed by atoms with Crippen LogP contribution in [0.2, 0.25) is 0 Å². The number of hydrogen-bond acceptors (Lipinski definition) is 5. The summed E-state index contributed by atoms with van der Waals surface area (Å²) >= 11 is 8.67. The molecule has 1 saturated heterocycles. The maximum absolute atomic E-state index is 13.2. The summed E-state index contributed by atoms with van der Waals surface area (Å²) in [5, 5.41) is 2.59. The van der Waals surface area contributed by atoms with Crippen LogP contribution in [-0.4, -0.2) is 24.0 Å². The fraction of sp³-hybridized carbons (Fsp3) is 0.0417. The Bertz CT molecular complexity index is 1230. The van der Waals surface area contributed by atoms with Crippen LogP contribution in [0.25, 0.3) is 6.08 Å². The monoisotopic (exact) mass is 508 g/mol. The van der Waals surface area contributed by atoms with Crippen LogP contribution < -0.4 is 19.7 Å². The first kappa shape index (κ1) is 21.7. The fourth-order valence-electron chi connectivity index (χ4n) is 3.15. The lowest BCUT2D eigenvalue weighted by atomic mass is 10.1. The van der Waals surface area contributed by atoms with Gasteiger partial charge in [0.2, 0.25) is 0 Å². The van der Waals surface area contributed by atoms with Crippen LogP contribution in [0.3, 0.4) is 0 Å². The second-order valence-electron chi connectivity index (χ2n) is 6.75. The third-order valence-corrected chi connectivity index (χ3v) is 5.44. The van der Waals surface area contributed by atoms with Gasteiger partial charge in [-0.1, -0.05) is 34.1 Å². The maximum atomic E-state index is 13.2.